The van der Waals surface area contributed by atoms with E-state index in [1.54, 1.807) is 0 Å². The molecule has 0 spiro atoms. The van der Waals surface area contributed by atoms with Crippen molar-refractivity contribution in [1.82, 2.24) is 0 Å². The first-order valence-electron chi connectivity index (χ1n) is 24.9. The van der Waals surface area contributed by atoms with Gasteiger partial charge in [-0.1, -0.05) is 290 Å². The summed E-state index contributed by atoms with van der Waals surface area (Å²) in [6.07, 6.45) is 59.9. The van der Waals surface area contributed by atoms with Gasteiger partial charge in [-0.25, -0.2) is 0 Å². The number of carboxylic acids is 1. The molecule has 2 heteroatoms. The zero-order chi connectivity index (χ0) is 37.9. The van der Waals surface area contributed by atoms with Crippen LogP contribution in [0.25, 0.3) is 0 Å². The van der Waals surface area contributed by atoms with Gasteiger partial charge in [0.25, 0.3) is 0 Å². The summed E-state index contributed by atoms with van der Waals surface area (Å²) in [4.78, 5) is 12.9. The van der Waals surface area contributed by atoms with Gasteiger partial charge in [0.1, 0.15) is 0 Å². The number of rotatable bonds is 46. The molecule has 0 bridgehead atoms. The molecule has 0 amide bonds. The first-order valence-corrected chi connectivity index (χ1v) is 24.9. The van der Waals surface area contributed by atoms with Crippen LogP contribution in [0.5, 0.6) is 0 Å². The molecule has 1 unspecified atom stereocenters. The number of hydrogen-bond acceptors (Lipinski definition) is 1. The maximum Gasteiger partial charge on any atom is 0.309 e. The van der Waals surface area contributed by atoms with Gasteiger partial charge in [-0.05, 0) is 19.3 Å². The summed E-state index contributed by atoms with van der Waals surface area (Å²) in [5.41, 5.74) is -0.467. The van der Waals surface area contributed by atoms with Crippen LogP contribution in [0, 0.1) is 5.41 Å². The highest BCUT2D eigenvalue weighted by atomic mass is 16.4. The summed E-state index contributed by atoms with van der Waals surface area (Å²) in [5.74, 6) is -0.480. The van der Waals surface area contributed by atoms with E-state index < -0.39 is 11.4 Å². The normalized spacial score (nSPS) is 12.8. The second-order valence-corrected chi connectivity index (χ2v) is 17.6. The third kappa shape index (κ3) is 36.4. The first-order chi connectivity index (χ1) is 25.6. The zero-order valence-electron chi connectivity index (χ0n) is 36.7. The molecule has 0 fully saturated rings. The van der Waals surface area contributed by atoms with Gasteiger partial charge >= 0.3 is 5.97 Å². The Morgan fingerprint density at radius 1 is 0.269 bits per heavy atom. The zero-order valence-corrected chi connectivity index (χ0v) is 36.7. The van der Waals surface area contributed by atoms with E-state index in [4.69, 9.17) is 0 Å². The van der Waals surface area contributed by atoms with Crippen molar-refractivity contribution < 1.29 is 9.90 Å². The van der Waals surface area contributed by atoms with Crippen LogP contribution in [0.4, 0.5) is 0 Å². The van der Waals surface area contributed by atoms with E-state index in [1.165, 1.54) is 250 Å². The van der Waals surface area contributed by atoms with Crippen LogP contribution in [0.3, 0.4) is 0 Å². The lowest BCUT2D eigenvalue weighted by Gasteiger charge is -2.30. The van der Waals surface area contributed by atoms with Crippen molar-refractivity contribution in [3.8, 4) is 0 Å². The Bertz CT molecular complexity index is 673. The van der Waals surface area contributed by atoms with Crippen LogP contribution in [0.2, 0.25) is 0 Å². The molecular formula is C50H100O2. The molecule has 0 aliphatic rings. The van der Waals surface area contributed by atoms with Gasteiger partial charge in [-0.2, -0.15) is 0 Å². The SMILES string of the molecule is CCCCCCCCCCCCCCCCCCC(CCCCCCCCCCCCCC)(CCCCCCCCCCCCCCCC)C(=O)O. The number of unbranched alkanes of at least 4 members (excludes halogenated alkanes) is 39. The third-order valence-corrected chi connectivity index (χ3v) is 12.5. The molecule has 1 N–H and O–H groups in total. The molecule has 52 heavy (non-hydrogen) atoms. The highest BCUT2D eigenvalue weighted by Gasteiger charge is 2.36. The minimum absolute atomic E-state index is 0.467. The molecule has 0 saturated carbocycles. The van der Waals surface area contributed by atoms with Gasteiger partial charge in [0, 0.05) is 0 Å². The summed E-state index contributed by atoms with van der Waals surface area (Å²) in [5, 5.41) is 10.6. The van der Waals surface area contributed by atoms with E-state index in [-0.39, 0.29) is 0 Å². The van der Waals surface area contributed by atoms with Gasteiger partial charge in [-0.15, -0.1) is 0 Å². The Labute approximate surface area is 330 Å². The van der Waals surface area contributed by atoms with Gasteiger partial charge in [-0.3, -0.25) is 4.79 Å². The molecular weight excluding hydrogens is 633 g/mol. The molecule has 0 aliphatic carbocycles. The molecule has 0 aliphatic heterocycles. The Hall–Kier alpha value is -0.530. The number of hydrogen-bond donors (Lipinski definition) is 1. The van der Waals surface area contributed by atoms with Gasteiger partial charge < -0.3 is 5.11 Å². The van der Waals surface area contributed by atoms with Crippen molar-refractivity contribution in [2.75, 3.05) is 0 Å². The fourth-order valence-electron chi connectivity index (χ4n) is 8.67. The Morgan fingerprint density at radius 3 is 0.538 bits per heavy atom. The highest BCUT2D eigenvalue weighted by molar-refractivity contribution is 5.74. The lowest BCUT2D eigenvalue weighted by Crippen LogP contribution is -2.31. The Balaban J connectivity index is 4.32. The number of carboxylic acid groups (broad SMARTS) is 1. The van der Waals surface area contributed by atoms with Crippen molar-refractivity contribution in [3.63, 3.8) is 0 Å². The predicted molar refractivity (Wildman–Crippen MR) is 235 cm³/mol. The summed E-state index contributed by atoms with van der Waals surface area (Å²) < 4.78 is 0. The van der Waals surface area contributed by atoms with E-state index in [2.05, 4.69) is 20.8 Å². The van der Waals surface area contributed by atoms with Gasteiger partial charge in [0.2, 0.25) is 0 Å². The van der Waals surface area contributed by atoms with Crippen LogP contribution < -0.4 is 0 Å². The second-order valence-electron chi connectivity index (χ2n) is 17.6. The molecule has 0 aromatic rings. The Morgan fingerprint density at radius 2 is 0.404 bits per heavy atom. The van der Waals surface area contributed by atoms with Crippen LogP contribution in [0.1, 0.15) is 310 Å². The standard InChI is InChI=1S/C50H100O2/c1-4-7-10-13-16-19-22-25-27-28-30-33-36-39-42-45-48-50(49(51)52,46-43-40-37-34-31-24-21-18-15-12-9-6-3)47-44-41-38-35-32-29-26-23-20-17-14-11-8-5-2/h4-48H2,1-3H3,(H,51,52). The van der Waals surface area contributed by atoms with Crippen LogP contribution in [-0.2, 0) is 4.79 Å². The molecule has 1 atom stereocenters. The summed E-state index contributed by atoms with van der Waals surface area (Å²) in [7, 11) is 0. The van der Waals surface area contributed by atoms with Crippen molar-refractivity contribution in [3.05, 3.63) is 0 Å². The van der Waals surface area contributed by atoms with Crippen molar-refractivity contribution in [2.45, 2.75) is 310 Å². The topological polar surface area (TPSA) is 37.3 Å². The molecule has 0 saturated heterocycles. The van der Waals surface area contributed by atoms with E-state index in [0.717, 1.165) is 38.5 Å². The fourth-order valence-corrected chi connectivity index (χ4v) is 8.67. The molecule has 0 heterocycles. The minimum Gasteiger partial charge on any atom is -0.481 e. The summed E-state index contributed by atoms with van der Waals surface area (Å²) >= 11 is 0. The average molecular weight is 733 g/mol. The maximum atomic E-state index is 12.9. The summed E-state index contributed by atoms with van der Waals surface area (Å²) in [6, 6.07) is 0. The van der Waals surface area contributed by atoms with Crippen molar-refractivity contribution >= 4 is 5.97 Å². The molecule has 2 nitrogen and oxygen atoms in total. The summed E-state index contributed by atoms with van der Waals surface area (Å²) in [6.45, 7) is 6.89. The smallest absolute Gasteiger partial charge is 0.309 e. The second kappa shape index (κ2) is 43.2. The molecule has 0 radical (unpaired) electrons. The average Bonchev–Trinajstić information content (AvgIpc) is 3.14. The molecule has 0 rings (SSSR count). The quantitative estimate of drug-likeness (QED) is 0.0633. The van der Waals surface area contributed by atoms with Crippen LogP contribution >= 0.6 is 0 Å². The lowest BCUT2D eigenvalue weighted by atomic mass is 9.74. The first kappa shape index (κ1) is 51.5. The van der Waals surface area contributed by atoms with Crippen LogP contribution in [0.15, 0.2) is 0 Å². The number of aliphatic carboxylic acids is 1. The van der Waals surface area contributed by atoms with E-state index in [1.807, 2.05) is 0 Å². The van der Waals surface area contributed by atoms with Crippen molar-refractivity contribution in [2.24, 2.45) is 5.41 Å². The molecule has 312 valence electrons. The van der Waals surface area contributed by atoms with Gasteiger partial charge in [0.15, 0.2) is 0 Å². The van der Waals surface area contributed by atoms with E-state index >= 15 is 0 Å². The van der Waals surface area contributed by atoms with E-state index in [0.29, 0.717) is 0 Å². The fraction of sp³-hybridized carbons (Fsp3) is 0.980. The minimum atomic E-state index is -0.480. The largest absolute Gasteiger partial charge is 0.481 e. The maximum absolute atomic E-state index is 12.9. The third-order valence-electron chi connectivity index (χ3n) is 12.5. The molecule has 0 aromatic heterocycles. The lowest BCUT2D eigenvalue weighted by molar-refractivity contribution is -0.150. The van der Waals surface area contributed by atoms with Crippen LogP contribution in [-0.4, -0.2) is 11.1 Å². The van der Waals surface area contributed by atoms with Gasteiger partial charge in [0.05, 0.1) is 5.41 Å². The predicted octanol–water partition coefficient (Wildman–Crippen LogP) is 18.7. The van der Waals surface area contributed by atoms with Crippen molar-refractivity contribution in [1.29, 1.82) is 0 Å². The highest BCUT2D eigenvalue weighted by Crippen LogP contribution is 2.38. The molecule has 0 aromatic carbocycles. The number of carbonyl (C=O) groups is 1. The Kier molecular flexibility index (Phi) is 42.8. The van der Waals surface area contributed by atoms with E-state index in [9.17, 15) is 9.90 Å². The monoisotopic (exact) mass is 733 g/mol.